The van der Waals surface area contributed by atoms with Gasteiger partial charge in [0, 0.05) is 6.08 Å². The normalized spacial score (nSPS) is 11.7. The summed E-state index contributed by atoms with van der Waals surface area (Å²) in [4.78, 5) is 22.2. The lowest BCUT2D eigenvalue weighted by atomic mass is 10.2. The molecule has 0 aromatic heterocycles. The average Bonchev–Trinajstić information content (AvgIpc) is 2.50. The van der Waals surface area contributed by atoms with Gasteiger partial charge >= 0.3 is 5.97 Å². The van der Waals surface area contributed by atoms with E-state index in [0.29, 0.717) is 18.1 Å². The van der Waals surface area contributed by atoms with Crippen LogP contribution in [0.1, 0.15) is 12.5 Å². The zero-order valence-corrected chi connectivity index (χ0v) is 12.5. The molecule has 1 atom stereocenters. The molecule has 0 saturated heterocycles. The molecule has 6 nitrogen and oxygen atoms in total. The van der Waals surface area contributed by atoms with Gasteiger partial charge in [-0.1, -0.05) is 18.7 Å². The molecular formula is C16H19NO5. The number of nitrogens with one attached hydrogen (secondary N) is 1. The van der Waals surface area contributed by atoms with E-state index in [1.807, 2.05) is 0 Å². The van der Waals surface area contributed by atoms with Gasteiger partial charge in [0.15, 0.2) is 11.5 Å². The molecule has 0 aliphatic heterocycles. The van der Waals surface area contributed by atoms with Crippen molar-refractivity contribution in [2.75, 3.05) is 13.7 Å². The number of methoxy groups -OCH3 is 1. The maximum atomic E-state index is 11.6. The Hall–Kier alpha value is -2.76. The maximum Gasteiger partial charge on any atom is 0.325 e. The molecule has 0 fully saturated rings. The van der Waals surface area contributed by atoms with Crippen molar-refractivity contribution in [3.8, 4) is 11.5 Å². The number of hydrogen-bond donors (Lipinski definition) is 2. The van der Waals surface area contributed by atoms with E-state index >= 15 is 0 Å². The van der Waals surface area contributed by atoms with Gasteiger partial charge < -0.3 is 19.9 Å². The summed E-state index contributed by atoms with van der Waals surface area (Å²) in [5.74, 6) is -0.472. The lowest BCUT2D eigenvalue weighted by Gasteiger charge is -2.10. The van der Waals surface area contributed by atoms with E-state index in [4.69, 9.17) is 14.6 Å². The Morgan fingerprint density at radius 3 is 2.73 bits per heavy atom. The largest absolute Gasteiger partial charge is 0.493 e. The predicted molar refractivity (Wildman–Crippen MR) is 83.0 cm³/mol. The minimum atomic E-state index is -1.09. The van der Waals surface area contributed by atoms with Crippen LogP contribution in [0.2, 0.25) is 0 Å². The van der Waals surface area contributed by atoms with Gasteiger partial charge in [0.2, 0.25) is 5.91 Å². The Kier molecular flexibility index (Phi) is 6.69. The predicted octanol–water partition coefficient (Wildman–Crippen LogP) is 1.86. The van der Waals surface area contributed by atoms with Gasteiger partial charge in [-0.3, -0.25) is 9.59 Å². The molecule has 118 valence electrons. The summed E-state index contributed by atoms with van der Waals surface area (Å²) >= 11 is 0. The van der Waals surface area contributed by atoms with Gasteiger partial charge in [-0.15, -0.1) is 0 Å². The number of ether oxygens (including phenoxy) is 2. The summed E-state index contributed by atoms with van der Waals surface area (Å²) in [6.07, 6.45) is 4.45. The second kappa shape index (κ2) is 8.51. The van der Waals surface area contributed by atoms with Crippen LogP contribution in [0.15, 0.2) is 36.9 Å². The minimum Gasteiger partial charge on any atom is -0.493 e. The molecule has 0 radical (unpaired) electrons. The summed E-state index contributed by atoms with van der Waals surface area (Å²) < 4.78 is 10.6. The highest BCUT2D eigenvalue weighted by Gasteiger charge is 2.11. The zero-order valence-electron chi connectivity index (χ0n) is 12.5. The fraction of sp³-hybridized carbons (Fsp3) is 0.250. The minimum absolute atomic E-state index is 0.362. The first kappa shape index (κ1) is 17.3. The van der Waals surface area contributed by atoms with Crippen molar-refractivity contribution in [1.29, 1.82) is 0 Å². The second-order valence-corrected chi connectivity index (χ2v) is 4.41. The molecule has 1 rings (SSSR count). The van der Waals surface area contributed by atoms with Gasteiger partial charge in [-0.25, -0.2) is 0 Å². The highest BCUT2D eigenvalue weighted by atomic mass is 16.5. The molecule has 0 bridgehead atoms. The van der Waals surface area contributed by atoms with Crippen LogP contribution < -0.4 is 14.8 Å². The highest BCUT2D eigenvalue weighted by Crippen LogP contribution is 2.28. The van der Waals surface area contributed by atoms with Crippen molar-refractivity contribution >= 4 is 18.0 Å². The van der Waals surface area contributed by atoms with E-state index in [1.165, 1.54) is 20.1 Å². The number of carboxylic acids is 1. The summed E-state index contributed by atoms with van der Waals surface area (Å²) in [7, 11) is 1.52. The number of carbonyl (C=O) groups excluding carboxylic acids is 1. The van der Waals surface area contributed by atoms with E-state index in [0.717, 1.165) is 5.56 Å². The van der Waals surface area contributed by atoms with Crippen molar-refractivity contribution in [1.82, 2.24) is 5.32 Å². The number of carboxylic acid groups (broad SMARTS) is 1. The summed E-state index contributed by atoms with van der Waals surface area (Å²) in [6.45, 7) is 5.32. The molecule has 1 aromatic carbocycles. The fourth-order valence-corrected chi connectivity index (χ4v) is 1.55. The SMILES string of the molecule is C=CCOc1ccc(/C=C/C(=O)NC(C)C(=O)O)cc1OC. The number of carbonyl (C=O) groups is 2. The smallest absolute Gasteiger partial charge is 0.325 e. The van der Waals surface area contributed by atoms with Gasteiger partial charge in [-0.2, -0.15) is 0 Å². The van der Waals surface area contributed by atoms with Crippen LogP contribution in [-0.4, -0.2) is 36.7 Å². The molecule has 1 amide bonds. The molecule has 0 saturated carbocycles. The molecule has 6 heteroatoms. The third kappa shape index (κ3) is 5.32. The first-order valence-corrected chi connectivity index (χ1v) is 6.61. The van der Waals surface area contributed by atoms with E-state index in [9.17, 15) is 9.59 Å². The van der Waals surface area contributed by atoms with E-state index < -0.39 is 17.9 Å². The van der Waals surface area contributed by atoms with E-state index in [2.05, 4.69) is 11.9 Å². The van der Waals surface area contributed by atoms with Crippen LogP contribution in [0.3, 0.4) is 0 Å². The lowest BCUT2D eigenvalue weighted by Crippen LogP contribution is -2.37. The van der Waals surface area contributed by atoms with Crippen LogP contribution in [-0.2, 0) is 9.59 Å². The molecule has 0 heterocycles. The Labute approximate surface area is 129 Å². The third-order valence-corrected chi connectivity index (χ3v) is 2.70. The first-order valence-electron chi connectivity index (χ1n) is 6.61. The van der Waals surface area contributed by atoms with Crippen molar-refractivity contribution in [3.63, 3.8) is 0 Å². The molecule has 0 aliphatic carbocycles. The molecule has 2 N–H and O–H groups in total. The molecule has 22 heavy (non-hydrogen) atoms. The quantitative estimate of drug-likeness (QED) is 0.565. The Morgan fingerprint density at radius 2 is 2.14 bits per heavy atom. The Balaban J connectivity index is 2.76. The molecule has 1 aromatic rings. The number of hydrogen-bond acceptors (Lipinski definition) is 4. The summed E-state index contributed by atoms with van der Waals surface area (Å²) in [5.41, 5.74) is 0.723. The van der Waals surface area contributed by atoms with Crippen molar-refractivity contribution in [3.05, 3.63) is 42.5 Å². The van der Waals surface area contributed by atoms with Gasteiger partial charge in [0.05, 0.1) is 7.11 Å². The summed E-state index contributed by atoms with van der Waals surface area (Å²) in [6, 6.07) is 4.25. The average molecular weight is 305 g/mol. The number of aliphatic carboxylic acids is 1. The van der Waals surface area contributed by atoms with Gasteiger partial charge in [0.25, 0.3) is 0 Å². The number of benzene rings is 1. The Morgan fingerprint density at radius 1 is 1.41 bits per heavy atom. The van der Waals surface area contributed by atoms with Crippen LogP contribution in [0.5, 0.6) is 11.5 Å². The van der Waals surface area contributed by atoms with Crippen molar-refractivity contribution < 1.29 is 24.2 Å². The topological polar surface area (TPSA) is 84.9 Å². The molecule has 0 aliphatic rings. The third-order valence-electron chi connectivity index (χ3n) is 2.70. The Bertz CT molecular complexity index is 580. The molecule has 1 unspecified atom stereocenters. The second-order valence-electron chi connectivity index (χ2n) is 4.41. The standard InChI is InChI=1S/C16H19NO5/c1-4-9-22-13-7-5-12(10-14(13)21-3)6-8-15(18)17-11(2)16(19)20/h4-8,10-11H,1,9H2,2-3H3,(H,17,18)(H,19,20)/b8-6+. The molecular weight excluding hydrogens is 286 g/mol. The zero-order chi connectivity index (χ0) is 16.5. The van der Waals surface area contributed by atoms with Crippen molar-refractivity contribution in [2.45, 2.75) is 13.0 Å². The first-order chi connectivity index (χ1) is 10.5. The van der Waals surface area contributed by atoms with Crippen LogP contribution >= 0.6 is 0 Å². The summed E-state index contributed by atoms with van der Waals surface area (Å²) in [5, 5.41) is 11.0. The van der Waals surface area contributed by atoms with Crippen LogP contribution in [0.4, 0.5) is 0 Å². The highest BCUT2D eigenvalue weighted by molar-refractivity contribution is 5.94. The van der Waals surface area contributed by atoms with Crippen LogP contribution in [0.25, 0.3) is 6.08 Å². The van der Waals surface area contributed by atoms with Crippen LogP contribution in [0, 0.1) is 0 Å². The number of amides is 1. The van der Waals surface area contributed by atoms with Crippen molar-refractivity contribution in [2.24, 2.45) is 0 Å². The number of rotatable bonds is 8. The van der Waals surface area contributed by atoms with Gasteiger partial charge in [0.1, 0.15) is 12.6 Å². The maximum absolute atomic E-state index is 11.6. The lowest BCUT2D eigenvalue weighted by molar-refractivity contribution is -0.140. The van der Waals surface area contributed by atoms with Gasteiger partial charge in [-0.05, 0) is 30.7 Å². The van der Waals surface area contributed by atoms with E-state index in [-0.39, 0.29) is 0 Å². The monoisotopic (exact) mass is 305 g/mol. The van der Waals surface area contributed by atoms with E-state index in [1.54, 1.807) is 30.4 Å². The fourth-order valence-electron chi connectivity index (χ4n) is 1.55. The molecule has 0 spiro atoms.